The van der Waals surface area contributed by atoms with E-state index in [1.165, 1.54) is 12.8 Å². The molecule has 1 aromatic rings. The number of hydrogen-bond donors (Lipinski definition) is 2. The van der Waals surface area contributed by atoms with Gasteiger partial charge in [0.1, 0.15) is 6.07 Å². The zero-order valence-electron chi connectivity index (χ0n) is 12.0. The van der Waals surface area contributed by atoms with E-state index in [0.717, 1.165) is 19.6 Å². The Hall–Kier alpha value is -1.90. The van der Waals surface area contributed by atoms with Crippen molar-refractivity contribution in [2.45, 2.75) is 18.9 Å². The lowest BCUT2D eigenvalue weighted by Gasteiger charge is -2.24. The number of rotatable bonds is 3. The van der Waals surface area contributed by atoms with Crippen LogP contribution in [0.1, 0.15) is 18.4 Å². The van der Waals surface area contributed by atoms with Gasteiger partial charge in [-0.1, -0.05) is 12.1 Å². The minimum Gasteiger partial charge on any atom is -0.324 e. The van der Waals surface area contributed by atoms with Gasteiger partial charge in [-0.2, -0.15) is 5.26 Å². The molecule has 2 fully saturated rings. The first-order valence-corrected chi connectivity index (χ1v) is 7.51. The number of benzene rings is 1. The first-order chi connectivity index (χ1) is 10.3. The number of likely N-dealkylation sites (tertiary alicyclic amines) is 1. The number of carbonyl (C=O) groups is 1. The second-order valence-electron chi connectivity index (χ2n) is 5.86. The zero-order chi connectivity index (χ0) is 14.7. The SMILES string of the molecule is N#Cc1ccccc1NC(=O)CN1C[C@@H]2CCCN[C@@H]2C1. The first-order valence-electron chi connectivity index (χ1n) is 7.51. The normalized spacial score (nSPS) is 25.1. The molecule has 0 bridgehead atoms. The molecule has 2 heterocycles. The Labute approximate surface area is 124 Å². The van der Waals surface area contributed by atoms with Gasteiger partial charge in [0.15, 0.2) is 0 Å². The molecule has 2 atom stereocenters. The van der Waals surface area contributed by atoms with Crippen LogP contribution in [0.15, 0.2) is 24.3 Å². The molecule has 3 rings (SSSR count). The van der Waals surface area contributed by atoms with Gasteiger partial charge in [0.25, 0.3) is 0 Å². The Balaban J connectivity index is 1.56. The van der Waals surface area contributed by atoms with Gasteiger partial charge in [-0.25, -0.2) is 0 Å². The maximum atomic E-state index is 12.2. The largest absolute Gasteiger partial charge is 0.324 e. The van der Waals surface area contributed by atoms with Gasteiger partial charge >= 0.3 is 0 Å². The second-order valence-corrected chi connectivity index (χ2v) is 5.86. The summed E-state index contributed by atoms with van der Waals surface area (Å²) in [5.41, 5.74) is 1.10. The summed E-state index contributed by atoms with van der Waals surface area (Å²) in [6, 6.07) is 9.74. The summed E-state index contributed by atoms with van der Waals surface area (Å²) in [6.07, 6.45) is 2.49. The average molecular weight is 284 g/mol. The van der Waals surface area contributed by atoms with Gasteiger partial charge in [-0.3, -0.25) is 9.69 Å². The standard InChI is InChI=1S/C16H20N4O/c17-8-12-4-1-2-6-14(12)19-16(21)11-20-9-13-5-3-7-18-15(13)10-20/h1-2,4,6,13,15,18H,3,5,7,9-11H2,(H,19,21)/t13-,15+/m0/s1. The molecule has 5 nitrogen and oxygen atoms in total. The summed E-state index contributed by atoms with van der Waals surface area (Å²) < 4.78 is 0. The summed E-state index contributed by atoms with van der Waals surface area (Å²) >= 11 is 0. The van der Waals surface area contributed by atoms with Gasteiger partial charge in [-0.15, -0.1) is 0 Å². The van der Waals surface area contributed by atoms with E-state index in [-0.39, 0.29) is 5.91 Å². The molecule has 2 aliphatic rings. The number of amides is 1. The van der Waals surface area contributed by atoms with Crippen LogP contribution in [0, 0.1) is 17.2 Å². The molecule has 0 aromatic heterocycles. The topological polar surface area (TPSA) is 68.2 Å². The van der Waals surface area contributed by atoms with E-state index in [0.29, 0.717) is 29.8 Å². The number of anilines is 1. The lowest BCUT2D eigenvalue weighted by Crippen LogP contribution is -2.41. The van der Waals surface area contributed by atoms with Crippen LogP contribution in [0.4, 0.5) is 5.69 Å². The van der Waals surface area contributed by atoms with E-state index in [2.05, 4.69) is 21.6 Å². The molecule has 0 radical (unpaired) electrons. The Bertz CT molecular complexity index is 552. The molecule has 0 aliphatic carbocycles. The molecule has 2 aliphatic heterocycles. The number of nitrogens with zero attached hydrogens (tertiary/aromatic N) is 2. The molecule has 0 saturated carbocycles. The molecular formula is C16H20N4O. The number of piperidine rings is 1. The number of para-hydroxylation sites is 1. The highest BCUT2D eigenvalue weighted by molar-refractivity contribution is 5.93. The van der Waals surface area contributed by atoms with Gasteiger partial charge in [-0.05, 0) is 37.4 Å². The van der Waals surface area contributed by atoms with Crippen LogP contribution >= 0.6 is 0 Å². The van der Waals surface area contributed by atoms with Crippen molar-refractivity contribution in [3.05, 3.63) is 29.8 Å². The maximum absolute atomic E-state index is 12.2. The molecule has 2 saturated heterocycles. The predicted octanol–water partition coefficient (Wildman–Crippen LogP) is 1.18. The summed E-state index contributed by atoms with van der Waals surface area (Å²) in [5, 5.41) is 15.4. The van der Waals surface area contributed by atoms with E-state index in [9.17, 15) is 4.79 Å². The van der Waals surface area contributed by atoms with E-state index in [1.807, 2.05) is 6.07 Å². The zero-order valence-corrected chi connectivity index (χ0v) is 12.0. The molecule has 110 valence electrons. The smallest absolute Gasteiger partial charge is 0.238 e. The fourth-order valence-electron chi connectivity index (χ4n) is 3.35. The van der Waals surface area contributed by atoms with E-state index in [4.69, 9.17) is 5.26 Å². The third-order valence-electron chi connectivity index (χ3n) is 4.36. The number of fused-ring (bicyclic) bond motifs is 1. The van der Waals surface area contributed by atoms with Crippen LogP contribution in [0.2, 0.25) is 0 Å². The highest BCUT2D eigenvalue weighted by Crippen LogP contribution is 2.24. The van der Waals surface area contributed by atoms with Crippen molar-refractivity contribution in [3.63, 3.8) is 0 Å². The van der Waals surface area contributed by atoms with Crippen LogP contribution in [0.3, 0.4) is 0 Å². The molecule has 1 amide bonds. The number of hydrogen-bond acceptors (Lipinski definition) is 4. The molecule has 5 heteroatoms. The van der Waals surface area contributed by atoms with E-state index in [1.54, 1.807) is 18.2 Å². The quantitative estimate of drug-likeness (QED) is 0.874. The van der Waals surface area contributed by atoms with Gasteiger partial charge < -0.3 is 10.6 Å². The Kier molecular flexibility index (Phi) is 4.18. The molecule has 21 heavy (non-hydrogen) atoms. The lowest BCUT2D eigenvalue weighted by molar-refractivity contribution is -0.117. The number of nitrogens with one attached hydrogen (secondary N) is 2. The van der Waals surface area contributed by atoms with Crippen LogP contribution < -0.4 is 10.6 Å². The summed E-state index contributed by atoms with van der Waals surface area (Å²) in [7, 11) is 0. The van der Waals surface area contributed by atoms with Gasteiger partial charge in [0.05, 0.1) is 17.8 Å². The third kappa shape index (κ3) is 3.23. The predicted molar refractivity (Wildman–Crippen MR) is 80.7 cm³/mol. The molecule has 0 spiro atoms. The fourth-order valence-corrected chi connectivity index (χ4v) is 3.35. The summed E-state index contributed by atoms with van der Waals surface area (Å²) in [4.78, 5) is 14.4. The van der Waals surface area contributed by atoms with E-state index < -0.39 is 0 Å². The van der Waals surface area contributed by atoms with Gasteiger partial charge in [0.2, 0.25) is 5.91 Å². The van der Waals surface area contributed by atoms with Crippen molar-refractivity contribution < 1.29 is 4.79 Å². The molecular weight excluding hydrogens is 264 g/mol. The minimum atomic E-state index is -0.0450. The molecule has 0 unspecified atom stereocenters. The van der Waals surface area contributed by atoms with Crippen LogP contribution in [0.5, 0.6) is 0 Å². The van der Waals surface area contributed by atoms with Crippen LogP contribution in [0.25, 0.3) is 0 Å². The van der Waals surface area contributed by atoms with Crippen molar-refractivity contribution in [1.29, 1.82) is 5.26 Å². The Morgan fingerprint density at radius 1 is 1.43 bits per heavy atom. The first kappa shape index (κ1) is 14.1. The van der Waals surface area contributed by atoms with E-state index >= 15 is 0 Å². The van der Waals surface area contributed by atoms with Crippen molar-refractivity contribution >= 4 is 11.6 Å². The highest BCUT2D eigenvalue weighted by atomic mass is 16.2. The maximum Gasteiger partial charge on any atom is 0.238 e. The van der Waals surface area contributed by atoms with Crippen molar-refractivity contribution in [2.24, 2.45) is 5.92 Å². The minimum absolute atomic E-state index is 0.0450. The average Bonchev–Trinajstić information content (AvgIpc) is 2.89. The second kappa shape index (κ2) is 6.25. The van der Waals surface area contributed by atoms with Crippen molar-refractivity contribution in [1.82, 2.24) is 10.2 Å². The van der Waals surface area contributed by atoms with Crippen molar-refractivity contribution in [3.8, 4) is 6.07 Å². The monoisotopic (exact) mass is 284 g/mol. The Morgan fingerprint density at radius 2 is 2.29 bits per heavy atom. The van der Waals surface area contributed by atoms with Crippen LogP contribution in [-0.2, 0) is 4.79 Å². The third-order valence-corrected chi connectivity index (χ3v) is 4.36. The lowest BCUT2D eigenvalue weighted by atomic mass is 9.94. The molecule has 1 aromatic carbocycles. The number of carbonyl (C=O) groups excluding carboxylic acids is 1. The fraction of sp³-hybridized carbons (Fsp3) is 0.500. The summed E-state index contributed by atoms with van der Waals surface area (Å²) in [5.74, 6) is 0.634. The summed E-state index contributed by atoms with van der Waals surface area (Å²) in [6.45, 7) is 3.42. The van der Waals surface area contributed by atoms with Crippen LogP contribution in [-0.4, -0.2) is 43.0 Å². The Morgan fingerprint density at radius 3 is 3.10 bits per heavy atom. The number of nitriles is 1. The molecule has 2 N–H and O–H groups in total. The highest BCUT2D eigenvalue weighted by Gasteiger charge is 2.34. The van der Waals surface area contributed by atoms with Crippen molar-refractivity contribution in [2.75, 3.05) is 31.5 Å². The van der Waals surface area contributed by atoms with Gasteiger partial charge in [0, 0.05) is 19.1 Å².